The van der Waals surface area contributed by atoms with Gasteiger partial charge in [0.05, 0.1) is 10.9 Å². The molecule has 0 aromatic heterocycles. The molecule has 0 spiro atoms. The van der Waals surface area contributed by atoms with Crippen molar-refractivity contribution in [1.29, 1.82) is 0 Å². The van der Waals surface area contributed by atoms with E-state index in [0.717, 1.165) is 5.56 Å². The number of halogens is 1. The minimum Gasteiger partial charge on any atom is -0.353 e. The molecule has 0 bridgehead atoms. The molecule has 0 fully saturated rings. The Labute approximate surface area is 182 Å². The van der Waals surface area contributed by atoms with Gasteiger partial charge in [0.25, 0.3) is 0 Å². The maximum atomic E-state index is 13.6. The Morgan fingerprint density at radius 2 is 1.83 bits per heavy atom. The molecule has 2 aromatic carbocycles. The fourth-order valence-corrected chi connectivity index (χ4v) is 4.69. The van der Waals surface area contributed by atoms with Gasteiger partial charge in [0.1, 0.15) is 11.9 Å². The second kappa shape index (κ2) is 11.5. The van der Waals surface area contributed by atoms with Crippen molar-refractivity contribution in [1.82, 2.24) is 14.9 Å². The van der Waals surface area contributed by atoms with Crippen LogP contribution in [0.4, 0.5) is 4.39 Å². The fourth-order valence-electron chi connectivity index (χ4n) is 2.97. The summed E-state index contributed by atoms with van der Waals surface area (Å²) >= 11 is 1.53. The number of hydrogen-bond donors (Lipinski definition) is 2. The Bertz CT molecular complexity index is 924. The number of sulfonamides is 1. The first-order valence-electron chi connectivity index (χ1n) is 9.50. The van der Waals surface area contributed by atoms with Crippen molar-refractivity contribution in [2.45, 2.75) is 23.4 Å². The van der Waals surface area contributed by atoms with Crippen molar-refractivity contribution in [3.63, 3.8) is 0 Å². The third kappa shape index (κ3) is 7.09. The Morgan fingerprint density at radius 1 is 1.13 bits per heavy atom. The molecule has 0 saturated heterocycles. The summed E-state index contributed by atoms with van der Waals surface area (Å²) in [6.45, 7) is 0.220. The first kappa shape index (κ1) is 24.3. The smallest absolute Gasteiger partial charge is 0.241 e. The van der Waals surface area contributed by atoms with Crippen molar-refractivity contribution in [3.05, 3.63) is 66.0 Å². The summed E-state index contributed by atoms with van der Waals surface area (Å²) in [4.78, 5) is 14.8. The summed E-state index contributed by atoms with van der Waals surface area (Å²) in [6, 6.07) is 13.0. The minimum atomic E-state index is -3.83. The van der Waals surface area contributed by atoms with E-state index < -0.39 is 22.0 Å². The molecule has 164 valence electrons. The zero-order valence-corrected chi connectivity index (χ0v) is 19.0. The molecule has 0 aliphatic rings. The van der Waals surface area contributed by atoms with Gasteiger partial charge in [-0.2, -0.15) is 16.5 Å². The van der Waals surface area contributed by atoms with E-state index in [2.05, 4.69) is 10.0 Å². The van der Waals surface area contributed by atoms with Crippen molar-refractivity contribution in [2.24, 2.45) is 0 Å². The summed E-state index contributed by atoms with van der Waals surface area (Å²) in [5.41, 5.74) is 0.728. The maximum Gasteiger partial charge on any atom is 0.241 e. The number of carbonyl (C=O) groups is 1. The molecule has 1 amide bonds. The molecule has 6 nitrogen and oxygen atoms in total. The number of benzene rings is 2. The number of amides is 1. The Morgan fingerprint density at radius 3 is 2.43 bits per heavy atom. The second-order valence-electron chi connectivity index (χ2n) is 7.05. The molecule has 2 aromatic rings. The Hall–Kier alpha value is -1.94. The molecule has 0 aliphatic heterocycles. The molecule has 0 radical (unpaired) electrons. The van der Waals surface area contributed by atoms with Crippen molar-refractivity contribution >= 4 is 27.7 Å². The number of rotatable bonds is 11. The molecule has 0 saturated carbocycles. The number of likely N-dealkylation sites (N-methyl/N-ethyl adjacent to an activating group) is 1. The number of thioether (sulfide) groups is 1. The summed E-state index contributed by atoms with van der Waals surface area (Å²) < 4.78 is 41.5. The van der Waals surface area contributed by atoms with Crippen LogP contribution in [0.1, 0.15) is 18.0 Å². The lowest BCUT2D eigenvalue weighted by Crippen LogP contribution is -2.48. The van der Waals surface area contributed by atoms with Gasteiger partial charge in [0, 0.05) is 6.54 Å². The van der Waals surface area contributed by atoms with Crippen molar-refractivity contribution < 1.29 is 17.6 Å². The van der Waals surface area contributed by atoms with E-state index in [0.29, 0.717) is 12.2 Å². The van der Waals surface area contributed by atoms with E-state index in [4.69, 9.17) is 0 Å². The van der Waals surface area contributed by atoms with Crippen molar-refractivity contribution in [3.8, 4) is 0 Å². The highest BCUT2D eigenvalue weighted by atomic mass is 32.2. The summed E-state index contributed by atoms with van der Waals surface area (Å²) in [6.07, 6.45) is 2.25. The SMILES string of the molecule is CSCCC(NS(=O)(=O)c1ccccc1)C(=O)NCC(c1cccc(F)c1)N(C)C. The molecule has 2 N–H and O–H groups in total. The van der Waals surface area contributed by atoms with Crippen LogP contribution in [0.2, 0.25) is 0 Å². The van der Waals surface area contributed by atoms with Gasteiger partial charge < -0.3 is 10.2 Å². The van der Waals surface area contributed by atoms with Crippen LogP contribution < -0.4 is 10.0 Å². The summed E-state index contributed by atoms with van der Waals surface area (Å²) in [5, 5.41) is 2.83. The molecule has 0 aliphatic carbocycles. The summed E-state index contributed by atoms with van der Waals surface area (Å²) in [5.74, 6) is -0.137. The number of hydrogen-bond acceptors (Lipinski definition) is 5. The van der Waals surface area contributed by atoms with Gasteiger partial charge in [0.15, 0.2) is 0 Å². The zero-order valence-electron chi connectivity index (χ0n) is 17.3. The molecule has 2 atom stereocenters. The number of nitrogens with zero attached hydrogens (tertiary/aromatic N) is 1. The van der Waals surface area contributed by atoms with Gasteiger partial charge in [-0.25, -0.2) is 12.8 Å². The van der Waals surface area contributed by atoms with Crippen LogP contribution in [0.15, 0.2) is 59.5 Å². The van der Waals surface area contributed by atoms with E-state index >= 15 is 0 Å². The quantitative estimate of drug-likeness (QED) is 0.547. The standard InChI is InChI=1S/C21H28FN3O3S2/c1-25(2)20(16-8-7-9-17(22)14-16)15-23-21(26)19(12-13-29-3)24-30(27,28)18-10-5-4-6-11-18/h4-11,14,19-20,24H,12-13,15H2,1-3H3,(H,23,26). The van der Waals surface area contributed by atoms with Crippen molar-refractivity contribution in [2.75, 3.05) is 32.6 Å². The third-order valence-electron chi connectivity index (χ3n) is 4.60. The highest BCUT2D eigenvalue weighted by Gasteiger charge is 2.26. The maximum absolute atomic E-state index is 13.6. The van der Waals surface area contributed by atoms with Crippen LogP contribution in [0.25, 0.3) is 0 Å². The third-order valence-corrected chi connectivity index (χ3v) is 6.74. The lowest BCUT2D eigenvalue weighted by atomic mass is 10.1. The average Bonchev–Trinajstić information content (AvgIpc) is 2.71. The van der Waals surface area contributed by atoms with E-state index in [-0.39, 0.29) is 23.3 Å². The first-order valence-corrected chi connectivity index (χ1v) is 12.4. The number of nitrogens with one attached hydrogen (secondary N) is 2. The Kier molecular flexibility index (Phi) is 9.29. The van der Waals surface area contributed by atoms with Gasteiger partial charge in [-0.1, -0.05) is 30.3 Å². The topological polar surface area (TPSA) is 78.5 Å². The van der Waals surface area contributed by atoms with Crippen LogP contribution in [0, 0.1) is 5.82 Å². The van der Waals surface area contributed by atoms with Gasteiger partial charge >= 0.3 is 0 Å². The lowest BCUT2D eigenvalue weighted by Gasteiger charge is -2.26. The zero-order chi connectivity index (χ0) is 22.1. The van der Waals surface area contributed by atoms with E-state index in [1.807, 2.05) is 25.3 Å². The predicted molar refractivity (Wildman–Crippen MR) is 119 cm³/mol. The average molecular weight is 454 g/mol. The molecule has 0 heterocycles. The Balaban J connectivity index is 2.12. The normalized spacial score (nSPS) is 13.8. The second-order valence-corrected chi connectivity index (χ2v) is 9.75. The molecular weight excluding hydrogens is 425 g/mol. The number of carbonyl (C=O) groups excluding carboxylic acids is 1. The highest BCUT2D eigenvalue weighted by Crippen LogP contribution is 2.18. The van der Waals surface area contributed by atoms with Gasteiger partial charge in [-0.15, -0.1) is 0 Å². The molecule has 2 unspecified atom stereocenters. The fraction of sp³-hybridized carbons (Fsp3) is 0.381. The highest BCUT2D eigenvalue weighted by molar-refractivity contribution is 7.98. The van der Waals surface area contributed by atoms with Gasteiger partial charge in [0.2, 0.25) is 15.9 Å². The van der Waals surface area contributed by atoms with Crippen LogP contribution in [0.5, 0.6) is 0 Å². The van der Waals surface area contributed by atoms with E-state index in [1.54, 1.807) is 30.3 Å². The monoisotopic (exact) mass is 453 g/mol. The molecular formula is C21H28FN3O3S2. The van der Waals surface area contributed by atoms with Crippen LogP contribution in [-0.2, 0) is 14.8 Å². The largest absolute Gasteiger partial charge is 0.353 e. The van der Waals surface area contributed by atoms with E-state index in [1.165, 1.54) is 36.0 Å². The minimum absolute atomic E-state index is 0.109. The molecule has 9 heteroatoms. The molecule has 2 rings (SSSR count). The predicted octanol–water partition coefficient (Wildman–Crippen LogP) is 2.64. The van der Waals surface area contributed by atoms with Gasteiger partial charge in [-0.05, 0) is 62.4 Å². The molecule has 30 heavy (non-hydrogen) atoms. The summed E-state index contributed by atoms with van der Waals surface area (Å²) in [7, 11) is -0.151. The van der Waals surface area contributed by atoms with Gasteiger partial charge in [-0.3, -0.25) is 4.79 Å². The van der Waals surface area contributed by atoms with Crippen LogP contribution in [0.3, 0.4) is 0 Å². The van der Waals surface area contributed by atoms with Crippen LogP contribution >= 0.6 is 11.8 Å². The lowest BCUT2D eigenvalue weighted by molar-refractivity contribution is -0.123. The van der Waals surface area contributed by atoms with Crippen LogP contribution in [-0.4, -0.2) is 57.9 Å². The van der Waals surface area contributed by atoms with E-state index in [9.17, 15) is 17.6 Å². The first-order chi connectivity index (χ1) is 14.2.